The fourth-order valence-electron chi connectivity index (χ4n) is 3.77. The Morgan fingerprint density at radius 2 is 1.96 bits per heavy atom. The molecule has 0 unspecified atom stereocenters. The molecule has 0 amide bonds. The number of ether oxygens (including phenoxy) is 1. The number of aliphatic hydroxyl groups is 2. The third kappa shape index (κ3) is 3.32. The molecule has 2 saturated heterocycles. The Morgan fingerprint density at radius 1 is 1.20 bits per heavy atom. The number of hydrogen-bond acceptors (Lipinski definition) is 7. The molecule has 2 aliphatic heterocycles. The van der Waals surface area contributed by atoms with Crippen LogP contribution in [-0.4, -0.2) is 62.8 Å². The van der Waals surface area contributed by atoms with Crippen LogP contribution >= 0.6 is 0 Å². The Kier molecular flexibility index (Phi) is 4.56. The molecule has 1 spiro atoms. The second-order valence-corrected chi connectivity index (χ2v) is 6.90. The molecule has 2 N–H and O–H groups in total. The van der Waals surface area contributed by atoms with Crippen LogP contribution in [0, 0.1) is 0 Å². The van der Waals surface area contributed by atoms with Crippen LogP contribution in [0.15, 0.2) is 35.1 Å². The smallest absolute Gasteiger partial charge is 0.151 e. The molecule has 0 saturated carbocycles. The first-order valence-corrected chi connectivity index (χ1v) is 8.75. The van der Waals surface area contributed by atoms with Gasteiger partial charge in [-0.1, -0.05) is 5.16 Å². The van der Waals surface area contributed by atoms with E-state index in [-0.39, 0.29) is 0 Å². The standard InChI is InChI=1S/C18H23N3O4/c22-16-3-10-24-18(17(16)23)4-8-21(9-5-18)12-14-11-15(20-25-14)13-1-6-19-7-2-13/h1-2,6-7,11,16-17,22-23H,3-5,8-10,12H2/t16-,17-/m0/s1. The summed E-state index contributed by atoms with van der Waals surface area (Å²) in [4.78, 5) is 6.27. The fourth-order valence-corrected chi connectivity index (χ4v) is 3.77. The van der Waals surface area contributed by atoms with E-state index in [2.05, 4.69) is 15.0 Å². The first kappa shape index (κ1) is 16.7. The van der Waals surface area contributed by atoms with Crippen molar-refractivity contribution in [1.82, 2.24) is 15.0 Å². The van der Waals surface area contributed by atoms with E-state index in [1.165, 1.54) is 0 Å². The summed E-state index contributed by atoms with van der Waals surface area (Å²) in [6, 6.07) is 5.76. The number of pyridine rings is 1. The predicted molar refractivity (Wildman–Crippen MR) is 89.6 cm³/mol. The van der Waals surface area contributed by atoms with Crippen molar-refractivity contribution in [3.63, 3.8) is 0 Å². The van der Waals surface area contributed by atoms with E-state index in [4.69, 9.17) is 9.26 Å². The number of aromatic nitrogens is 2. The first-order chi connectivity index (χ1) is 12.2. The van der Waals surface area contributed by atoms with Gasteiger partial charge >= 0.3 is 0 Å². The zero-order valence-corrected chi connectivity index (χ0v) is 14.0. The maximum absolute atomic E-state index is 10.3. The molecule has 2 aromatic rings. The molecule has 4 heterocycles. The van der Waals surface area contributed by atoms with Crippen molar-refractivity contribution in [2.24, 2.45) is 0 Å². The van der Waals surface area contributed by atoms with Crippen molar-refractivity contribution in [3.8, 4) is 11.3 Å². The van der Waals surface area contributed by atoms with Gasteiger partial charge in [0.1, 0.15) is 11.8 Å². The second-order valence-electron chi connectivity index (χ2n) is 6.90. The van der Waals surface area contributed by atoms with Gasteiger partial charge in [0.2, 0.25) is 0 Å². The van der Waals surface area contributed by atoms with E-state index in [1.807, 2.05) is 18.2 Å². The highest BCUT2D eigenvalue weighted by Crippen LogP contribution is 2.35. The van der Waals surface area contributed by atoms with Gasteiger partial charge in [0, 0.05) is 37.1 Å². The lowest BCUT2D eigenvalue weighted by Gasteiger charge is -2.48. The lowest BCUT2D eigenvalue weighted by atomic mass is 9.80. The Balaban J connectivity index is 1.37. The van der Waals surface area contributed by atoms with Crippen LogP contribution in [0.1, 0.15) is 25.0 Å². The van der Waals surface area contributed by atoms with Gasteiger partial charge < -0.3 is 19.5 Å². The molecule has 2 fully saturated rings. The Labute approximate surface area is 146 Å². The largest absolute Gasteiger partial charge is 0.390 e. The average Bonchev–Trinajstić information content (AvgIpc) is 3.11. The Hall–Kier alpha value is -1.80. The van der Waals surface area contributed by atoms with Crippen molar-refractivity contribution in [2.75, 3.05) is 19.7 Å². The summed E-state index contributed by atoms with van der Waals surface area (Å²) in [5.74, 6) is 0.813. The summed E-state index contributed by atoms with van der Waals surface area (Å²) in [7, 11) is 0. The Morgan fingerprint density at radius 3 is 2.72 bits per heavy atom. The van der Waals surface area contributed by atoms with Gasteiger partial charge in [-0.15, -0.1) is 0 Å². The average molecular weight is 345 g/mol. The molecule has 0 aliphatic carbocycles. The van der Waals surface area contributed by atoms with E-state index in [1.54, 1.807) is 12.4 Å². The molecular weight excluding hydrogens is 322 g/mol. The molecule has 7 heteroatoms. The van der Waals surface area contributed by atoms with Crippen LogP contribution in [0.5, 0.6) is 0 Å². The highest BCUT2D eigenvalue weighted by Gasteiger charge is 2.47. The molecule has 134 valence electrons. The third-order valence-electron chi connectivity index (χ3n) is 5.32. The number of nitrogens with zero attached hydrogens (tertiary/aromatic N) is 3. The van der Waals surface area contributed by atoms with Crippen molar-refractivity contribution >= 4 is 0 Å². The van der Waals surface area contributed by atoms with Gasteiger partial charge in [0.15, 0.2) is 5.76 Å². The molecular formula is C18H23N3O4. The lowest BCUT2D eigenvalue weighted by Crippen LogP contribution is -2.59. The normalized spacial score (nSPS) is 26.8. The van der Waals surface area contributed by atoms with Crippen molar-refractivity contribution in [2.45, 2.75) is 43.6 Å². The fraction of sp³-hybridized carbons (Fsp3) is 0.556. The van der Waals surface area contributed by atoms with Gasteiger partial charge in [-0.2, -0.15) is 0 Å². The lowest BCUT2D eigenvalue weighted by molar-refractivity contribution is -0.214. The summed E-state index contributed by atoms with van der Waals surface area (Å²) >= 11 is 0. The number of likely N-dealkylation sites (tertiary alicyclic amines) is 1. The molecule has 4 rings (SSSR count). The van der Waals surface area contributed by atoms with Crippen LogP contribution in [0.4, 0.5) is 0 Å². The minimum atomic E-state index is -0.799. The minimum absolute atomic E-state index is 0.502. The van der Waals surface area contributed by atoms with Gasteiger partial charge in [-0.05, 0) is 31.4 Å². The van der Waals surface area contributed by atoms with E-state index in [9.17, 15) is 10.2 Å². The van der Waals surface area contributed by atoms with E-state index < -0.39 is 17.8 Å². The second kappa shape index (κ2) is 6.84. The number of hydrogen-bond donors (Lipinski definition) is 2. The number of rotatable bonds is 3. The van der Waals surface area contributed by atoms with Gasteiger partial charge in [-0.25, -0.2) is 0 Å². The molecule has 0 radical (unpaired) electrons. The summed E-state index contributed by atoms with van der Waals surface area (Å²) in [5, 5.41) is 24.4. The minimum Gasteiger partial charge on any atom is -0.390 e. The summed E-state index contributed by atoms with van der Waals surface area (Å²) in [5.41, 5.74) is 1.19. The monoisotopic (exact) mass is 345 g/mol. The molecule has 2 aliphatic rings. The van der Waals surface area contributed by atoms with E-state index in [0.717, 1.165) is 30.1 Å². The maximum atomic E-state index is 10.3. The maximum Gasteiger partial charge on any atom is 0.151 e. The van der Waals surface area contributed by atoms with Crippen LogP contribution in [0.2, 0.25) is 0 Å². The quantitative estimate of drug-likeness (QED) is 0.864. The molecule has 0 bridgehead atoms. The molecule has 25 heavy (non-hydrogen) atoms. The highest BCUT2D eigenvalue weighted by atomic mass is 16.5. The van der Waals surface area contributed by atoms with Crippen LogP contribution < -0.4 is 0 Å². The van der Waals surface area contributed by atoms with Gasteiger partial charge in [0.25, 0.3) is 0 Å². The molecule has 2 atom stereocenters. The topological polar surface area (TPSA) is 91.9 Å². The summed E-state index contributed by atoms with van der Waals surface area (Å²) in [6.07, 6.45) is 3.90. The van der Waals surface area contributed by atoms with Gasteiger partial charge in [-0.3, -0.25) is 9.88 Å². The van der Waals surface area contributed by atoms with Crippen molar-refractivity contribution in [3.05, 3.63) is 36.4 Å². The summed E-state index contributed by atoms with van der Waals surface area (Å²) < 4.78 is 11.3. The van der Waals surface area contributed by atoms with Crippen molar-refractivity contribution in [1.29, 1.82) is 0 Å². The number of piperidine rings is 1. The number of aliphatic hydroxyl groups excluding tert-OH is 2. The Bertz CT molecular complexity index is 697. The first-order valence-electron chi connectivity index (χ1n) is 8.75. The van der Waals surface area contributed by atoms with Crippen LogP contribution in [0.25, 0.3) is 11.3 Å². The summed E-state index contributed by atoms with van der Waals surface area (Å²) in [6.45, 7) is 2.76. The highest BCUT2D eigenvalue weighted by molar-refractivity contribution is 5.57. The molecule has 2 aromatic heterocycles. The van der Waals surface area contributed by atoms with Crippen molar-refractivity contribution < 1.29 is 19.5 Å². The molecule has 0 aromatic carbocycles. The van der Waals surface area contributed by atoms with E-state index in [0.29, 0.717) is 32.4 Å². The zero-order valence-electron chi connectivity index (χ0n) is 14.0. The zero-order chi connectivity index (χ0) is 17.3. The predicted octanol–water partition coefficient (Wildman–Crippen LogP) is 1.21. The van der Waals surface area contributed by atoms with Crippen LogP contribution in [0.3, 0.4) is 0 Å². The van der Waals surface area contributed by atoms with Crippen LogP contribution in [-0.2, 0) is 11.3 Å². The molecule has 7 nitrogen and oxygen atoms in total. The van der Waals surface area contributed by atoms with E-state index >= 15 is 0 Å². The third-order valence-corrected chi connectivity index (χ3v) is 5.32. The SMILES string of the molecule is O[C@H]1CCOC2(CCN(Cc3cc(-c4ccncc4)no3)CC2)[C@H]1O. The van der Waals surface area contributed by atoms with Gasteiger partial charge in [0.05, 0.1) is 24.9 Å².